The molecule has 0 aromatic heterocycles. The minimum atomic E-state index is 0.192. The molecular weight excluding hydrogens is 186 g/mol. The lowest BCUT2D eigenvalue weighted by Crippen LogP contribution is -2.53. The summed E-state index contributed by atoms with van der Waals surface area (Å²) in [6.45, 7) is 7.73. The summed E-state index contributed by atoms with van der Waals surface area (Å²) < 4.78 is 0. The molecule has 0 bridgehead atoms. The first-order valence-corrected chi connectivity index (χ1v) is 6.07. The monoisotopic (exact) mass is 213 g/mol. The maximum atomic E-state index is 5.87. The molecule has 3 nitrogen and oxygen atoms in total. The van der Waals surface area contributed by atoms with Gasteiger partial charge in [0.25, 0.3) is 0 Å². The fourth-order valence-electron chi connectivity index (χ4n) is 2.87. The zero-order valence-electron chi connectivity index (χ0n) is 10.7. The van der Waals surface area contributed by atoms with Crippen LogP contribution in [0.1, 0.15) is 26.7 Å². The van der Waals surface area contributed by atoms with E-state index >= 15 is 0 Å². The second kappa shape index (κ2) is 5.28. The molecule has 1 aliphatic rings. The Morgan fingerprint density at radius 2 is 2.20 bits per heavy atom. The Hall–Kier alpha value is -0.120. The smallest absolute Gasteiger partial charge is 0.0168 e. The zero-order valence-corrected chi connectivity index (χ0v) is 10.7. The molecule has 0 radical (unpaired) electrons. The molecule has 90 valence electrons. The third-order valence-corrected chi connectivity index (χ3v) is 3.81. The van der Waals surface area contributed by atoms with Crippen LogP contribution in [0, 0.1) is 11.3 Å². The Morgan fingerprint density at radius 1 is 1.53 bits per heavy atom. The van der Waals surface area contributed by atoms with Gasteiger partial charge in [-0.1, -0.05) is 13.8 Å². The third-order valence-electron chi connectivity index (χ3n) is 3.81. The first kappa shape index (κ1) is 12.9. The fourth-order valence-corrected chi connectivity index (χ4v) is 2.87. The number of nitrogens with zero attached hydrogens (tertiary/aromatic N) is 1. The highest BCUT2D eigenvalue weighted by molar-refractivity contribution is 4.91. The predicted octanol–water partition coefficient (Wildman–Crippen LogP) is 0.901. The second-order valence-corrected chi connectivity index (χ2v) is 5.62. The Bertz CT molecular complexity index is 191. The minimum Gasteiger partial charge on any atom is -0.330 e. The lowest BCUT2D eigenvalue weighted by atomic mass is 9.74. The number of rotatable bonds is 4. The maximum Gasteiger partial charge on any atom is 0.0168 e. The molecule has 3 N–H and O–H groups in total. The van der Waals surface area contributed by atoms with Gasteiger partial charge < -0.3 is 16.0 Å². The van der Waals surface area contributed by atoms with Crippen LogP contribution in [0.3, 0.4) is 0 Å². The van der Waals surface area contributed by atoms with E-state index in [1.54, 1.807) is 0 Å². The molecule has 0 aromatic carbocycles. The average Bonchev–Trinajstić information content (AvgIpc) is 2.18. The SMILES string of the molecule is CNC(C1CCCN(C)C1)C(C)(C)CN. The quantitative estimate of drug-likeness (QED) is 0.729. The summed E-state index contributed by atoms with van der Waals surface area (Å²) in [5, 5.41) is 3.48. The highest BCUT2D eigenvalue weighted by atomic mass is 15.1. The van der Waals surface area contributed by atoms with Crippen molar-refractivity contribution in [2.24, 2.45) is 17.1 Å². The molecule has 0 spiro atoms. The topological polar surface area (TPSA) is 41.3 Å². The van der Waals surface area contributed by atoms with Crippen LogP contribution in [0.15, 0.2) is 0 Å². The van der Waals surface area contributed by atoms with Gasteiger partial charge in [0.15, 0.2) is 0 Å². The molecule has 1 heterocycles. The summed E-state index contributed by atoms with van der Waals surface area (Å²) in [6.07, 6.45) is 2.65. The Morgan fingerprint density at radius 3 is 2.67 bits per heavy atom. The fraction of sp³-hybridized carbons (Fsp3) is 1.00. The first-order chi connectivity index (χ1) is 7.01. The van der Waals surface area contributed by atoms with Crippen LogP contribution in [0.25, 0.3) is 0 Å². The van der Waals surface area contributed by atoms with E-state index in [-0.39, 0.29) is 5.41 Å². The number of hydrogen-bond donors (Lipinski definition) is 2. The van der Waals surface area contributed by atoms with Gasteiger partial charge >= 0.3 is 0 Å². The van der Waals surface area contributed by atoms with Crippen LogP contribution in [0.5, 0.6) is 0 Å². The van der Waals surface area contributed by atoms with Crippen LogP contribution in [0.4, 0.5) is 0 Å². The van der Waals surface area contributed by atoms with Gasteiger partial charge in [0.05, 0.1) is 0 Å². The summed E-state index contributed by atoms with van der Waals surface area (Å²) >= 11 is 0. The highest BCUT2D eigenvalue weighted by Crippen LogP contribution is 2.29. The van der Waals surface area contributed by atoms with E-state index in [1.807, 2.05) is 0 Å². The van der Waals surface area contributed by atoms with Gasteiger partial charge in [0, 0.05) is 12.6 Å². The van der Waals surface area contributed by atoms with Crippen molar-refractivity contribution in [3.05, 3.63) is 0 Å². The van der Waals surface area contributed by atoms with Gasteiger partial charge in [-0.15, -0.1) is 0 Å². The standard InChI is InChI=1S/C12H27N3/c1-12(2,9-13)11(14-3)10-6-5-7-15(4)8-10/h10-11,14H,5-9,13H2,1-4H3. The van der Waals surface area contributed by atoms with Gasteiger partial charge in [-0.25, -0.2) is 0 Å². The lowest BCUT2D eigenvalue weighted by molar-refractivity contribution is 0.114. The van der Waals surface area contributed by atoms with Crippen molar-refractivity contribution in [1.29, 1.82) is 0 Å². The molecule has 0 aliphatic carbocycles. The van der Waals surface area contributed by atoms with Gasteiger partial charge in [0.2, 0.25) is 0 Å². The Labute approximate surface area is 94.4 Å². The predicted molar refractivity (Wildman–Crippen MR) is 65.9 cm³/mol. The van der Waals surface area contributed by atoms with Crippen molar-refractivity contribution < 1.29 is 0 Å². The largest absolute Gasteiger partial charge is 0.330 e. The molecule has 1 aliphatic heterocycles. The molecular formula is C12H27N3. The van der Waals surface area contributed by atoms with Gasteiger partial charge in [-0.2, -0.15) is 0 Å². The Balaban J connectivity index is 2.65. The number of likely N-dealkylation sites (tertiary alicyclic amines) is 1. The number of nitrogens with two attached hydrogens (primary N) is 1. The molecule has 0 aromatic rings. The highest BCUT2D eigenvalue weighted by Gasteiger charge is 2.35. The third kappa shape index (κ3) is 3.16. The lowest BCUT2D eigenvalue weighted by Gasteiger charge is -2.42. The van der Waals surface area contributed by atoms with E-state index in [9.17, 15) is 0 Å². The van der Waals surface area contributed by atoms with Crippen LogP contribution in [-0.4, -0.2) is 44.7 Å². The summed E-state index contributed by atoms with van der Waals surface area (Å²) in [5.41, 5.74) is 6.06. The molecule has 2 atom stereocenters. The average molecular weight is 213 g/mol. The van der Waals surface area contributed by atoms with Crippen molar-refractivity contribution in [1.82, 2.24) is 10.2 Å². The van der Waals surface area contributed by atoms with Crippen molar-refractivity contribution in [2.75, 3.05) is 33.7 Å². The zero-order chi connectivity index (χ0) is 11.5. The first-order valence-electron chi connectivity index (χ1n) is 6.07. The number of piperidine rings is 1. The summed E-state index contributed by atoms with van der Waals surface area (Å²) in [6, 6.07) is 0.533. The molecule has 3 heteroatoms. The molecule has 0 amide bonds. The minimum absolute atomic E-state index is 0.192. The van der Waals surface area contributed by atoms with Crippen LogP contribution in [-0.2, 0) is 0 Å². The Kier molecular flexibility index (Phi) is 4.56. The van der Waals surface area contributed by atoms with Crippen LogP contribution >= 0.6 is 0 Å². The van der Waals surface area contributed by atoms with E-state index in [4.69, 9.17) is 5.73 Å². The second-order valence-electron chi connectivity index (χ2n) is 5.62. The van der Waals surface area contributed by atoms with Crippen molar-refractivity contribution in [3.63, 3.8) is 0 Å². The molecule has 1 fully saturated rings. The van der Waals surface area contributed by atoms with Gasteiger partial charge in [-0.3, -0.25) is 0 Å². The molecule has 2 unspecified atom stereocenters. The number of nitrogens with one attached hydrogen (secondary N) is 1. The van der Waals surface area contributed by atoms with E-state index in [0.717, 1.165) is 12.5 Å². The van der Waals surface area contributed by atoms with Crippen molar-refractivity contribution >= 4 is 0 Å². The normalized spacial score (nSPS) is 26.6. The summed E-state index contributed by atoms with van der Waals surface area (Å²) in [5.74, 6) is 0.743. The van der Waals surface area contributed by atoms with E-state index in [1.165, 1.54) is 25.9 Å². The van der Waals surface area contributed by atoms with Gasteiger partial charge in [0.1, 0.15) is 0 Å². The molecule has 1 rings (SSSR count). The van der Waals surface area contributed by atoms with Crippen molar-refractivity contribution in [2.45, 2.75) is 32.7 Å². The van der Waals surface area contributed by atoms with E-state index < -0.39 is 0 Å². The molecule has 15 heavy (non-hydrogen) atoms. The van der Waals surface area contributed by atoms with Crippen LogP contribution in [0.2, 0.25) is 0 Å². The van der Waals surface area contributed by atoms with E-state index in [0.29, 0.717) is 6.04 Å². The number of hydrogen-bond acceptors (Lipinski definition) is 3. The van der Waals surface area contributed by atoms with Gasteiger partial charge in [-0.05, 0) is 51.4 Å². The van der Waals surface area contributed by atoms with Crippen LogP contribution < -0.4 is 11.1 Å². The summed E-state index contributed by atoms with van der Waals surface area (Å²) in [7, 11) is 4.28. The maximum absolute atomic E-state index is 5.87. The summed E-state index contributed by atoms with van der Waals surface area (Å²) in [4.78, 5) is 2.44. The molecule has 0 saturated carbocycles. The van der Waals surface area contributed by atoms with E-state index in [2.05, 4.69) is 38.2 Å². The molecule has 1 saturated heterocycles. The van der Waals surface area contributed by atoms with Crippen molar-refractivity contribution in [3.8, 4) is 0 Å².